The third-order valence-electron chi connectivity index (χ3n) is 6.79. The molecule has 4 rings (SSSR count). The first-order valence-electron chi connectivity index (χ1n) is 12.2. The van der Waals surface area contributed by atoms with Gasteiger partial charge in [-0.1, -0.05) is 19.3 Å². The van der Waals surface area contributed by atoms with Crippen molar-refractivity contribution in [1.29, 1.82) is 0 Å². The van der Waals surface area contributed by atoms with Crippen LogP contribution in [0.4, 0.5) is 0 Å². The van der Waals surface area contributed by atoms with Crippen LogP contribution in [0, 0.1) is 0 Å². The minimum Gasteiger partial charge on any atom is -0.356 e. The van der Waals surface area contributed by atoms with Gasteiger partial charge in [-0.15, -0.1) is 11.3 Å². The highest BCUT2D eigenvalue weighted by Gasteiger charge is 2.20. The highest BCUT2D eigenvalue weighted by molar-refractivity contribution is 7.98. The maximum absolute atomic E-state index is 12.6. The summed E-state index contributed by atoms with van der Waals surface area (Å²) in [6, 6.07) is 0.731. The van der Waals surface area contributed by atoms with Gasteiger partial charge in [0.1, 0.15) is 10.7 Å². The number of hydrogen-bond acceptors (Lipinski definition) is 6. The van der Waals surface area contributed by atoms with Gasteiger partial charge in [0.15, 0.2) is 0 Å². The number of thioether (sulfide) groups is 1. The average molecular weight is 477 g/mol. The summed E-state index contributed by atoms with van der Waals surface area (Å²) < 4.78 is 0. The van der Waals surface area contributed by atoms with Crippen molar-refractivity contribution in [2.45, 2.75) is 82.4 Å². The summed E-state index contributed by atoms with van der Waals surface area (Å²) >= 11 is 3.34. The van der Waals surface area contributed by atoms with Gasteiger partial charge in [0.2, 0.25) is 5.91 Å². The zero-order valence-electron chi connectivity index (χ0n) is 19.2. The SMILES string of the molecule is CN(CCCNC(=O)CCSCc1nc2sc3c(c2c(=O)[nH]1)CCCC3)C1CCCCC1. The van der Waals surface area contributed by atoms with Crippen molar-refractivity contribution < 1.29 is 4.79 Å². The van der Waals surface area contributed by atoms with Crippen molar-refractivity contribution in [2.75, 3.05) is 25.9 Å². The quantitative estimate of drug-likeness (QED) is 0.501. The van der Waals surface area contributed by atoms with Crippen molar-refractivity contribution in [3.8, 4) is 0 Å². The van der Waals surface area contributed by atoms with E-state index in [2.05, 4.69) is 22.2 Å². The molecule has 0 atom stereocenters. The maximum atomic E-state index is 12.6. The number of carbonyl (C=O) groups is 1. The van der Waals surface area contributed by atoms with Gasteiger partial charge in [0.05, 0.1) is 11.1 Å². The number of carbonyl (C=O) groups excluding carboxylic acids is 1. The van der Waals surface area contributed by atoms with Crippen LogP contribution in [0.1, 0.15) is 74.1 Å². The highest BCUT2D eigenvalue weighted by atomic mass is 32.2. The largest absolute Gasteiger partial charge is 0.356 e. The van der Waals surface area contributed by atoms with E-state index in [-0.39, 0.29) is 11.5 Å². The number of rotatable bonds is 10. The van der Waals surface area contributed by atoms with Crippen LogP contribution in [-0.4, -0.2) is 52.7 Å². The number of aromatic amines is 1. The van der Waals surface area contributed by atoms with Gasteiger partial charge in [-0.05, 0) is 64.1 Å². The van der Waals surface area contributed by atoms with Crippen molar-refractivity contribution in [1.82, 2.24) is 20.2 Å². The molecule has 6 nitrogen and oxygen atoms in total. The van der Waals surface area contributed by atoms with Gasteiger partial charge >= 0.3 is 0 Å². The molecule has 0 bridgehead atoms. The van der Waals surface area contributed by atoms with E-state index in [0.29, 0.717) is 12.2 Å². The third kappa shape index (κ3) is 6.14. The van der Waals surface area contributed by atoms with E-state index in [9.17, 15) is 9.59 Å². The van der Waals surface area contributed by atoms with Gasteiger partial charge in [-0.2, -0.15) is 11.8 Å². The molecule has 1 fully saturated rings. The summed E-state index contributed by atoms with van der Waals surface area (Å²) in [6.45, 7) is 1.79. The lowest BCUT2D eigenvalue weighted by atomic mass is 9.94. The number of H-pyrrole nitrogens is 1. The lowest BCUT2D eigenvalue weighted by Gasteiger charge is -2.31. The minimum atomic E-state index is 0.000868. The summed E-state index contributed by atoms with van der Waals surface area (Å²) in [6.07, 6.45) is 12.7. The smallest absolute Gasteiger partial charge is 0.259 e. The fourth-order valence-electron chi connectivity index (χ4n) is 4.96. The monoisotopic (exact) mass is 476 g/mol. The summed E-state index contributed by atoms with van der Waals surface area (Å²) in [7, 11) is 2.22. The van der Waals surface area contributed by atoms with E-state index in [4.69, 9.17) is 4.98 Å². The van der Waals surface area contributed by atoms with Gasteiger partial charge in [-0.25, -0.2) is 4.98 Å². The normalized spacial score (nSPS) is 17.1. The van der Waals surface area contributed by atoms with Gasteiger partial charge < -0.3 is 15.2 Å². The Morgan fingerprint density at radius 1 is 1.22 bits per heavy atom. The predicted molar refractivity (Wildman–Crippen MR) is 135 cm³/mol. The molecule has 176 valence electrons. The van der Waals surface area contributed by atoms with E-state index in [0.717, 1.165) is 66.6 Å². The number of hydrogen-bond donors (Lipinski definition) is 2. The van der Waals surface area contributed by atoms with Crippen LogP contribution in [0.3, 0.4) is 0 Å². The van der Waals surface area contributed by atoms with Crippen LogP contribution in [0.15, 0.2) is 4.79 Å². The van der Waals surface area contributed by atoms with E-state index in [1.165, 1.54) is 49.0 Å². The lowest BCUT2D eigenvalue weighted by Crippen LogP contribution is -2.35. The van der Waals surface area contributed by atoms with E-state index in [1.807, 2.05) is 0 Å². The van der Waals surface area contributed by atoms with Crippen LogP contribution >= 0.6 is 23.1 Å². The molecular weight excluding hydrogens is 440 g/mol. The average Bonchev–Trinajstić information content (AvgIpc) is 3.19. The summed E-state index contributed by atoms with van der Waals surface area (Å²) in [5.41, 5.74) is 1.23. The predicted octanol–water partition coefficient (Wildman–Crippen LogP) is 4.26. The number of aromatic nitrogens is 2. The molecule has 2 N–H and O–H groups in total. The van der Waals surface area contributed by atoms with E-state index in [1.54, 1.807) is 23.1 Å². The van der Waals surface area contributed by atoms with Crippen molar-refractivity contribution in [3.05, 3.63) is 26.6 Å². The lowest BCUT2D eigenvalue weighted by molar-refractivity contribution is -0.120. The first kappa shape index (κ1) is 23.8. The zero-order valence-corrected chi connectivity index (χ0v) is 20.8. The van der Waals surface area contributed by atoms with Crippen LogP contribution in [0.25, 0.3) is 10.2 Å². The molecule has 2 aliphatic carbocycles. The van der Waals surface area contributed by atoms with Crippen molar-refractivity contribution in [2.24, 2.45) is 0 Å². The molecule has 0 saturated heterocycles. The second kappa shape index (κ2) is 11.7. The zero-order chi connectivity index (χ0) is 22.3. The molecule has 8 heteroatoms. The first-order valence-corrected chi connectivity index (χ1v) is 14.2. The van der Waals surface area contributed by atoms with Gasteiger partial charge in [0, 0.05) is 29.6 Å². The third-order valence-corrected chi connectivity index (χ3v) is 8.95. The second-order valence-electron chi connectivity index (χ2n) is 9.18. The number of aryl methyl sites for hydroxylation is 2. The summed E-state index contributed by atoms with van der Waals surface area (Å²) in [5, 5.41) is 3.86. The Morgan fingerprint density at radius 2 is 2.03 bits per heavy atom. The number of amides is 1. The summed E-state index contributed by atoms with van der Waals surface area (Å²) in [5.74, 6) is 2.20. The van der Waals surface area contributed by atoms with Crippen LogP contribution in [-0.2, 0) is 23.4 Å². The van der Waals surface area contributed by atoms with Crippen LogP contribution < -0.4 is 10.9 Å². The Labute approximate surface area is 199 Å². The van der Waals surface area contributed by atoms with E-state index >= 15 is 0 Å². The Bertz CT molecular complexity index is 965. The Kier molecular flexibility index (Phi) is 8.66. The number of fused-ring (bicyclic) bond motifs is 3. The minimum absolute atomic E-state index is 0.000868. The topological polar surface area (TPSA) is 78.1 Å². The van der Waals surface area contributed by atoms with Gasteiger partial charge in [-0.3, -0.25) is 9.59 Å². The molecular formula is C24H36N4O2S2. The molecule has 0 unspecified atom stereocenters. The molecule has 0 aliphatic heterocycles. The maximum Gasteiger partial charge on any atom is 0.259 e. The molecule has 2 aliphatic rings. The second-order valence-corrected chi connectivity index (χ2v) is 11.4. The fraction of sp³-hybridized carbons (Fsp3) is 0.708. The van der Waals surface area contributed by atoms with Crippen LogP contribution in [0.2, 0.25) is 0 Å². The molecule has 1 saturated carbocycles. The Balaban J connectivity index is 1.14. The molecule has 0 spiro atoms. The first-order chi connectivity index (χ1) is 15.6. The number of nitrogens with one attached hydrogen (secondary N) is 2. The number of nitrogens with zero attached hydrogens (tertiary/aromatic N) is 2. The Morgan fingerprint density at radius 3 is 2.88 bits per heavy atom. The molecule has 0 radical (unpaired) electrons. The Hall–Kier alpha value is -1.38. The molecule has 0 aromatic carbocycles. The van der Waals surface area contributed by atoms with Crippen molar-refractivity contribution in [3.63, 3.8) is 0 Å². The molecule has 2 aromatic heterocycles. The summed E-state index contributed by atoms with van der Waals surface area (Å²) in [4.78, 5) is 37.1. The van der Waals surface area contributed by atoms with Crippen LogP contribution in [0.5, 0.6) is 0 Å². The van der Waals surface area contributed by atoms with Gasteiger partial charge in [0.25, 0.3) is 5.56 Å². The van der Waals surface area contributed by atoms with Crippen molar-refractivity contribution >= 4 is 39.2 Å². The highest BCUT2D eigenvalue weighted by Crippen LogP contribution is 2.33. The fourth-order valence-corrected chi connectivity index (χ4v) is 7.04. The molecule has 32 heavy (non-hydrogen) atoms. The van der Waals surface area contributed by atoms with E-state index < -0.39 is 0 Å². The molecule has 1 amide bonds. The standard InChI is InChI=1S/C24H36N4O2S2/c1-28(17-8-3-2-4-9-17)14-7-13-25-21(29)12-15-31-16-20-26-23(30)22-18-10-5-6-11-19(18)32-24(22)27-20/h17H,2-16H2,1H3,(H,25,29)(H,26,27,30). The molecule has 2 heterocycles. The number of thiophene rings is 1. The molecule has 2 aromatic rings.